The zero-order valence-corrected chi connectivity index (χ0v) is 9.66. The molecule has 0 bridgehead atoms. The van der Waals surface area contributed by atoms with Crippen molar-refractivity contribution in [2.24, 2.45) is 0 Å². The largest absolute Gasteiger partial charge is 0.355 e. The summed E-state index contributed by atoms with van der Waals surface area (Å²) in [6.07, 6.45) is 0. The van der Waals surface area contributed by atoms with Gasteiger partial charge < -0.3 is 5.32 Å². The Morgan fingerprint density at radius 1 is 1.25 bits per heavy atom. The van der Waals surface area contributed by atoms with E-state index in [1.807, 2.05) is 38.1 Å². The fraction of sp³-hybridized carbons (Fsp3) is 0.231. The molecule has 1 aromatic carbocycles. The van der Waals surface area contributed by atoms with Crippen LogP contribution >= 0.6 is 0 Å². The molecule has 1 aromatic heterocycles. The van der Waals surface area contributed by atoms with Gasteiger partial charge >= 0.3 is 0 Å². The maximum Gasteiger partial charge on any atom is 0.251 e. The van der Waals surface area contributed by atoms with Gasteiger partial charge in [0.2, 0.25) is 0 Å². The second-order valence-corrected chi connectivity index (χ2v) is 3.91. The summed E-state index contributed by atoms with van der Waals surface area (Å²) < 4.78 is 0. The molecule has 2 aromatic rings. The van der Waals surface area contributed by atoms with Gasteiger partial charge in [-0.2, -0.15) is 0 Å². The molecule has 0 atom stereocenters. The van der Waals surface area contributed by atoms with Gasteiger partial charge in [0.15, 0.2) is 0 Å². The third-order valence-corrected chi connectivity index (χ3v) is 2.56. The number of nitrogens with zero attached hydrogens (tertiary/aromatic N) is 1. The van der Waals surface area contributed by atoms with E-state index in [9.17, 15) is 4.79 Å². The van der Waals surface area contributed by atoms with E-state index in [1.165, 1.54) is 0 Å². The Morgan fingerprint density at radius 3 is 2.69 bits per heavy atom. The van der Waals surface area contributed by atoms with E-state index in [2.05, 4.69) is 10.3 Å². The molecule has 0 fully saturated rings. The Bertz CT molecular complexity index is 561. The lowest BCUT2D eigenvalue weighted by Crippen LogP contribution is -2.18. The smallest absolute Gasteiger partial charge is 0.251 e. The average molecular weight is 214 g/mol. The predicted octanol–water partition coefficient (Wildman–Crippen LogP) is 2.21. The molecular weight excluding hydrogens is 200 g/mol. The van der Waals surface area contributed by atoms with Crippen LogP contribution in [0.5, 0.6) is 0 Å². The lowest BCUT2D eigenvalue weighted by atomic mass is 10.0. The molecule has 0 saturated heterocycles. The van der Waals surface area contributed by atoms with Crippen LogP contribution in [0.4, 0.5) is 0 Å². The van der Waals surface area contributed by atoms with Crippen molar-refractivity contribution in [2.75, 3.05) is 7.05 Å². The predicted molar refractivity (Wildman–Crippen MR) is 64.6 cm³/mol. The van der Waals surface area contributed by atoms with Crippen molar-refractivity contribution in [3.63, 3.8) is 0 Å². The van der Waals surface area contributed by atoms with Crippen LogP contribution in [0.3, 0.4) is 0 Å². The van der Waals surface area contributed by atoms with Crippen LogP contribution in [0.25, 0.3) is 10.9 Å². The van der Waals surface area contributed by atoms with Crippen molar-refractivity contribution in [1.82, 2.24) is 10.3 Å². The number of aromatic nitrogens is 1. The summed E-state index contributed by atoms with van der Waals surface area (Å²) in [4.78, 5) is 16.2. The maximum absolute atomic E-state index is 11.8. The molecule has 0 aliphatic rings. The molecule has 0 aliphatic carbocycles. The number of benzene rings is 1. The Labute approximate surface area is 94.5 Å². The SMILES string of the molecule is CNC(=O)c1cc(C)nc2ccc(C)cc12. The van der Waals surface area contributed by atoms with E-state index in [-0.39, 0.29) is 5.91 Å². The molecule has 0 radical (unpaired) electrons. The third kappa shape index (κ3) is 1.76. The van der Waals surface area contributed by atoms with Crippen LogP contribution in [0, 0.1) is 13.8 Å². The first-order chi connectivity index (χ1) is 7.61. The average Bonchev–Trinajstić information content (AvgIpc) is 2.27. The van der Waals surface area contributed by atoms with Crippen LogP contribution < -0.4 is 5.32 Å². The number of amides is 1. The normalized spacial score (nSPS) is 10.4. The van der Waals surface area contributed by atoms with Crippen molar-refractivity contribution in [2.45, 2.75) is 13.8 Å². The van der Waals surface area contributed by atoms with Crippen LogP contribution in [0.1, 0.15) is 21.6 Å². The van der Waals surface area contributed by atoms with Gasteiger partial charge in [-0.15, -0.1) is 0 Å². The zero-order valence-electron chi connectivity index (χ0n) is 9.66. The van der Waals surface area contributed by atoms with Crippen molar-refractivity contribution >= 4 is 16.8 Å². The molecule has 3 nitrogen and oxygen atoms in total. The summed E-state index contributed by atoms with van der Waals surface area (Å²) in [6.45, 7) is 3.90. The summed E-state index contributed by atoms with van der Waals surface area (Å²) in [5.74, 6) is -0.0684. The van der Waals surface area contributed by atoms with E-state index < -0.39 is 0 Å². The number of fused-ring (bicyclic) bond motifs is 1. The van der Waals surface area contributed by atoms with Gasteiger partial charge in [0.1, 0.15) is 0 Å². The number of aryl methyl sites for hydroxylation is 2. The minimum atomic E-state index is -0.0684. The Morgan fingerprint density at radius 2 is 2.00 bits per heavy atom. The minimum Gasteiger partial charge on any atom is -0.355 e. The van der Waals surface area contributed by atoms with Crippen LogP contribution in [0.15, 0.2) is 24.3 Å². The third-order valence-electron chi connectivity index (χ3n) is 2.56. The molecular formula is C13H14N2O. The molecule has 0 aliphatic heterocycles. The Kier molecular flexibility index (Phi) is 2.60. The lowest BCUT2D eigenvalue weighted by Gasteiger charge is -2.07. The number of rotatable bonds is 1. The molecule has 3 heteroatoms. The highest BCUT2D eigenvalue weighted by Crippen LogP contribution is 2.19. The standard InChI is InChI=1S/C13H14N2O/c1-8-4-5-12-10(6-8)11(13(16)14-3)7-9(2)15-12/h4-7H,1-3H3,(H,14,16). The molecule has 0 unspecified atom stereocenters. The van der Waals surface area contributed by atoms with Gasteiger partial charge in [0.05, 0.1) is 11.1 Å². The van der Waals surface area contributed by atoms with Gasteiger partial charge in [0.25, 0.3) is 5.91 Å². The van der Waals surface area contributed by atoms with Crippen LogP contribution in [-0.2, 0) is 0 Å². The first kappa shape index (κ1) is 10.6. The molecule has 1 N–H and O–H groups in total. The van der Waals surface area contributed by atoms with E-state index in [0.29, 0.717) is 5.56 Å². The van der Waals surface area contributed by atoms with Gasteiger partial charge in [-0.3, -0.25) is 9.78 Å². The van der Waals surface area contributed by atoms with E-state index in [1.54, 1.807) is 7.05 Å². The quantitative estimate of drug-likeness (QED) is 0.790. The Balaban J connectivity index is 2.79. The molecule has 1 amide bonds. The molecule has 0 saturated carbocycles. The first-order valence-electron chi connectivity index (χ1n) is 5.22. The number of hydrogen-bond donors (Lipinski definition) is 1. The van der Waals surface area contributed by atoms with Gasteiger partial charge in [-0.1, -0.05) is 11.6 Å². The first-order valence-corrected chi connectivity index (χ1v) is 5.22. The van der Waals surface area contributed by atoms with Crippen molar-refractivity contribution in [3.05, 3.63) is 41.1 Å². The number of hydrogen-bond acceptors (Lipinski definition) is 2. The highest BCUT2D eigenvalue weighted by Gasteiger charge is 2.10. The fourth-order valence-electron chi connectivity index (χ4n) is 1.79. The zero-order chi connectivity index (χ0) is 11.7. The van der Waals surface area contributed by atoms with Crippen LogP contribution in [0.2, 0.25) is 0 Å². The summed E-state index contributed by atoms with van der Waals surface area (Å²) >= 11 is 0. The monoisotopic (exact) mass is 214 g/mol. The number of carbonyl (C=O) groups excluding carboxylic acids is 1. The molecule has 0 spiro atoms. The van der Waals surface area contributed by atoms with Crippen molar-refractivity contribution in [1.29, 1.82) is 0 Å². The lowest BCUT2D eigenvalue weighted by molar-refractivity contribution is 0.0964. The summed E-state index contributed by atoms with van der Waals surface area (Å²) in [5, 5.41) is 3.56. The second-order valence-electron chi connectivity index (χ2n) is 3.91. The van der Waals surface area contributed by atoms with Crippen molar-refractivity contribution < 1.29 is 4.79 Å². The number of nitrogens with one attached hydrogen (secondary N) is 1. The van der Waals surface area contributed by atoms with E-state index in [0.717, 1.165) is 22.2 Å². The Hall–Kier alpha value is -1.90. The molecule has 16 heavy (non-hydrogen) atoms. The molecule has 2 rings (SSSR count). The van der Waals surface area contributed by atoms with Gasteiger partial charge in [-0.05, 0) is 32.0 Å². The maximum atomic E-state index is 11.8. The fourth-order valence-corrected chi connectivity index (χ4v) is 1.79. The van der Waals surface area contributed by atoms with Gasteiger partial charge in [-0.25, -0.2) is 0 Å². The number of pyridine rings is 1. The second kappa shape index (κ2) is 3.93. The molecule has 82 valence electrons. The molecule has 1 heterocycles. The van der Waals surface area contributed by atoms with E-state index >= 15 is 0 Å². The minimum absolute atomic E-state index is 0.0684. The van der Waals surface area contributed by atoms with Crippen LogP contribution in [-0.4, -0.2) is 17.9 Å². The van der Waals surface area contributed by atoms with Crippen molar-refractivity contribution in [3.8, 4) is 0 Å². The van der Waals surface area contributed by atoms with Gasteiger partial charge in [0, 0.05) is 18.1 Å². The highest BCUT2D eigenvalue weighted by molar-refractivity contribution is 6.06. The topological polar surface area (TPSA) is 42.0 Å². The summed E-state index contributed by atoms with van der Waals surface area (Å²) in [6, 6.07) is 7.76. The number of carbonyl (C=O) groups is 1. The van der Waals surface area contributed by atoms with E-state index in [4.69, 9.17) is 0 Å². The summed E-state index contributed by atoms with van der Waals surface area (Å²) in [7, 11) is 1.64. The highest BCUT2D eigenvalue weighted by atomic mass is 16.1. The summed E-state index contributed by atoms with van der Waals surface area (Å²) in [5.41, 5.74) is 3.54.